The lowest BCUT2D eigenvalue weighted by Crippen LogP contribution is -2.23. The van der Waals surface area contributed by atoms with Crippen LogP contribution in [0.4, 0.5) is 5.69 Å². The maximum absolute atomic E-state index is 12.2. The average Bonchev–Trinajstić information content (AvgIpc) is 3.04. The number of fused-ring (bicyclic) bond motifs is 1. The van der Waals surface area contributed by atoms with Gasteiger partial charge in [-0.15, -0.1) is 11.3 Å². The Balaban J connectivity index is 1.67. The van der Waals surface area contributed by atoms with E-state index in [9.17, 15) is 14.4 Å². The molecule has 3 aromatic rings. The van der Waals surface area contributed by atoms with E-state index in [0.717, 1.165) is 0 Å². The number of carbonyl (C=O) groups excluding carboxylic acids is 2. The van der Waals surface area contributed by atoms with Crippen molar-refractivity contribution in [2.45, 2.75) is 19.9 Å². The molecule has 1 aromatic carbocycles. The lowest BCUT2D eigenvalue weighted by molar-refractivity contribution is -0.116. The van der Waals surface area contributed by atoms with Crippen LogP contribution in [0.5, 0.6) is 0 Å². The van der Waals surface area contributed by atoms with E-state index in [2.05, 4.69) is 10.3 Å². The van der Waals surface area contributed by atoms with Gasteiger partial charge in [0, 0.05) is 24.2 Å². The third-order valence-electron chi connectivity index (χ3n) is 3.58. The molecule has 122 valence electrons. The molecule has 0 saturated heterocycles. The van der Waals surface area contributed by atoms with Crippen LogP contribution in [0.3, 0.4) is 0 Å². The van der Waals surface area contributed by atoms with Gasteiger partial charge in [-0.05, 0) is 30.5 Å². The molecule has 3 rings (SSSR count). The number of hydrogen-bond acceptors (Lipinski definition) is 5. The molecule has 2 aromatic heterocycles. The second-order valence-corrected chi connectivity index (χ2v) is 6.21. The van der Waals surface area contributed by atoms with Gasteiger partial charge in [0.05, 0.1) is 11.7 Å². The molecule has 24 heavy (non-hydrogen) atoms. The van der Waals surface area contributed by atoms with Gasteiger partial charge in [-0.25, -0.2) is 4.98 Å². The van der Waals surface area contributed by atoms with E-state index in [4.69, 9.17) is 0 Å². The van der Waals surface area contributed by atoms with Crippen molar-refractivity contribution in [2.75, 3.05) is 5.32 Å². The van der Waals surface area contributed by atoms with Crippen LogP contribution in [0.25, 0.3) is 10.2 Å². The normalized spacial score (nSPS) is 10.7. The molecule has 0 aliphatic heterocycles. The fourth-order valence-electron chi connectivity index (χ4n) is 2.31. The van der Waals surface area contributed by atoms with Gasteiger partial charge in [-0.1, -0.05) is 12.1 Å². The third kappa shape index (κ3) is 3.41. The van der Waals surface area contributed by atoms with Crippen LogP contribution in [-0.2, 0) is 11.3 Å². The van der Waals surface area contributed by atoms with Crippen molar-refractivity contribution in [2.24, 2.45) is 0 Å². The maximum atomic E-state index is 12.2. The Kier molecular flexibility index (Phi) is 4.52. The smallest absolute Gasteiger partial charge is 0.262 e. The number of anilines is 1. The summed E-state index contributed by atoms with van der Waals surface area (Å²) in [5.74, 6) is -0.291. The molecule has 0 saturated carbocycles. The van der Waals surface area contributed by atoms with Crippen LogP contribution in [0.2, 0.25) is 0 Å². The summed E-state index contributed by atoms with van der Waals surface area (Å²) in [7, 11) is 0. The first-order valence-electron chi connectivity index (χ1n) is 7.38. The van der Waals surface area contributed by atoms with Gasteiger partial charge in [0.1, 0.15) is 4.83 Å². The minimum Gasteiger partial charge on any atom is -0.326 e. The summed E-state index contributed by atoms with van der Waals surface area (Å²) in [6.07, 6.45) is 1.60. The second kappa shape index (κ2) is 6.76. The van der Waals surface area contributed by atoms with Gasteiger partial charge >= 0.3 is 0 Å². The fraction of sp³-hybridized carbons (Fsp3) is 0.176. The Bertz CT molecular complexity index is 974. The number of rotatable bonds is 5. The maximum Gasteiger partial charge on any atom is 0.262 e. The van der Waals surface area contributed by atoms with Gasteiger partial charge in [0.2, 0.25) is 5.91 Å². The van der Waals surface area contributed by atoms with Crippen LogP contribution in [0, 0.1) is 0 Å². The predicted molar refractivity (Wildman–Crippen MR) is 93.6 cm³/mol. The molecule has 0 radical (unpaired) electrons. The summed E-state index contributed by atoms with van der Waals surface area (Å²) in [4.78, 5) is 40.6. The van der Waals surface area contributed by atoms with Gasteiger partial charge in [0.25, 0.3) is 5.56 Å². The number of nitrogens with one attached hydrogen (secondary N) is 1. The van der Waals surface area contributed by atoms with Crippen LogP contribution in [0.1, 0.15) is 23.7 Å². The van der Waals surface area contributed by atoms with Crippen LogP contribution in [0.15, 0.2) is 46.8 Å². The zero-order valence-electron chi connectivity index (χ0n) is 13.0. The second-order valence-electron chi connectivity index (χ2n) is 5.32. The summed E-state index contributed by atoms with van der Waals surface area (Å²) in [6.45, 7) is 1.72. The number of aromatic nitrogens is 2. The Morgan fingerprint density at radius 2 is 2.12 bits per heavy atom. The molecule has 2 heterocycles. The number of amides is 1. The minimum absolute atomic E-state index is 0.0622. The Morgan fingerprint density at radius 3 is 2.92 bits per heavy atom. The van der Waals surface area contributed by atoms with Crippen molar-refractivity contribution in [3.63, 3.8) is 0 Å². The number of Topliss-reactive ketones (excluding diaryl/α,β-unsaturated/α-hetero) is 1. The molecule has 0 aliphatic carbocycles. The first-order chi connectivity index (χ1) is 11.5. The van der Waals surface area contributed by atoms with Crippen LogP contribution >= 0.6 is 11.3 Å². The number of ketones is 1. The van der Waals surface area contributed by atoms with E-state index in [1.165, 1.54) is 29.2 Å². The van der Waals surface area contributed by atoms with E-state index < -0.39 is 0 Å². The summed E-state index contributed by atoms with van der Waals surface area (Å²) >= 11 is 1.41. The highest BCUT2D eigenvalue weighted by atomic mass is 32.1. The van der Waals surface area contributed by atoms with Crippen molar-refractivity contribution >= 4 is 38.9 Å². The number of thiophene rings is 1. The van der Waals surface area contributed by atoms with E-state index >= 15 is 0 Å². The first-order valence-corrected chi connectivity index (χ1v) is 8.26. The molecule has 6 nitrogen and oxygen atoms in total. The van der Waals surface area contributed by atoms with Crippen molar-refractivity contribution in [1.29, 1.82) is 0 Å². The molecule has 0 bridgehead atoms. The van der Waals surface area contributed by atoms with Gasteiger partial charge < -0.3 is 5.32 Å². The number of benzene rings is 1. The Hall–Kier alpha value is -2.80. The first kappa shape index (κ1) is 16.1. The zero-order chi connectivity index (χ0) is 17.1. The zero-order valence-corrected chi connectivity index (χ0v) is 13.8. The summed E-state index contributed by atoms with van der Waals surface area (Å²) < 4.78 is 1.43. The Morgan fingerprint density at radius 1 is 1.29 bits per heavy atom. The van der Waals surface area contributed by atoms with E-state index in [-0.39, 0.29) is 30.2 Å². The fourth-order valence-corrected chi connectivity index (χ4v) is 3.04. The monoisotopic (exact) mass is 341 g/mol. The largest absolute Gasteiger partial charge is 0.326 e. The molecule has 0 spiro atoms. The summed E-state index contributed by atoms with van der Waals surface area (Å²) in [6, 6.07) is 8.49. The van der Waals surface area contributed by atoms with Crippen molar-refractivity contribution in [1.82, 2.24) is 9.55 Å². The summed E-state index contributed by atoms with van der Waals surface area (Å²) in [5, 5.41) is 5.12. The number of aryl methyl sites for hydroxylation is 1. The number of hydrogen-bond donors (Lipinski definition) is 1. The quantitative estimate of drug-likeness (QED) is 0.724. The third-order valence-corrected chi connectivity index (χ3v) is 4.40. The average molecular weight is 341 g/mol. The molecule has 1 N–H and O–H groups in total. The van der Waals surface area contributed by atoms with Crippen molar-refractivity contribution in [3.05, 3.63) is 58.0 Å². The van der Waals surface area contributed by atoms with E-state index in [0.29, 0.717) is 21.5 Å². The Labute approximate surface area is 141 Å². The number of nitrogens with zero attached hydrogens (tertiary/aromatic N) is 2. The highest BCUT2D eigenvalue weighted by Crippen LogP contribution is 2.14. The van der Waals surface area contributed by atoms with Crippen molar-refractivity contribution < 1.29 is 9.59 Å². The van der Waals surface area contributed by atoms with Crippen molar-refractivity contribution in [3.8, 4) is 0 Å². The molecule has 7 heteroatoms. The molecular weight excluding hydrogens is 326 g/mol. The predicted octanol–water partition coefficient (Wildman–Crippen LogP) is 2.69. The van der Waals surface area contributed by atoms with Gasteiger partial charge in [-0.2, -0.15) is 0 Å². The topological polar surface area (TPSA) is 81.1 Å². The SMILES string of the molecule is CC(=O)c1cccc(NC(=O)CCn2cnc3sccc3c2=O)c1. The van der Waals surface area contributed by atoms with Gasteiger partial charge in [-0.3, -0.25) is 19.0 Å². The standard InChI is InChI=1S/C17H15N3O3S/c1-11(21)12-3-2-4-13(9-12)19-15(22)5-7-20-10-18-16-14(17(20)23)6-8-24-16/h2-4,6,8-10H,5,7H2,1H3,(H,19,22). The van der Waals surface area contributed by atoms with Crippen LogP contribution < -0.4 is 10.9 Å². The highest BCUT2D eigenvalue weighted by molar-refractivity contribution is 7.16. The van der Waals surface area contributed by atoms with Gasteiger partial charge in [0.15, 0.2) is 5.78 Å². The molecule has 0 fully saturated rings. The summed E-state index contributed by atoms with van der Waals surface area (Å²) in [5.41, 5.74) is 0.954. The molecule has 1 amide bonds. The molecule has 0 aliphatic rings. The molecule has 0 atom stereocenters. The molecule has 0 unspecified atom stereocenters. The molecular formula is C17H15N3O3S. The van der Waals surface area contributed by atoms with E-state index in [1.54, 1.807) is 30.3 Å². The minimum atomic E-state index is -0.229. The lowest BCUT2D eigenvalue weighted by Gasteiger charge is -2.08. The van der Waals surface area contributed by atoms with Crippen LogP contribution in [-0.4, -0.2) is 21.2 Å². The lowest BCUT2D eigenvalue weighted by atomic mass is 10.1. The van der Waals surface area contributed by atoms with E-state index in [1.807, 2.05) is 5.38 Å². The number of carbonyl (C=O) groups is 2. The highest BCUT2D eigenvalue weighted by Gasteiger charge is 2.08.